The number of aryl methyl sites for hydroxylation is 1. The molecule has 0 saturated heterocycles. The second kappa shape index (κ2) is 7.27. The highest BCUT2D eigenvalue weighted by molar-refractivity contribution is 7.89. The topological polar surface area (TPSA) is 102 Å². The van der Waals surface area contributed by atoms with Gasteiger partial charge < -0.3 is 10.1 Å². The summed E-state index contributed by atoms with van der Waals surface area (Å²) in [5.74, 6) is -0.518. The monoisotopic (exact) mass is 374 g/mol. The maximum Gasteiger partial charge on any atom is 0.326 e. The van der Waals surface area contributed by atoms with E-state index in [1.807, 2.05) is 13.0 Å². The number of hydrogen-bond donors (Lipinski definition) is 2. The van der Waals surface area contributed by atoms with Crippen molar-refractivity contribution in [1.82, 2.24) is 4.72 Å². The van der Waals surface area contributed by atoms with Crippen molar-refractivity contribution < 1.29 is 22.7 Å². The van der Waals surface area contributed by atoms with Gasteiger partial charge in [0.2, 0.25) is 15.9 Å². The number of rotatable bonds is 6. The minimum atomic E-state index is -3.89. The van der Waals surface area contributed by atoms with E-state index in [-0.39, 0.29) is 17.2 Å². The Labute approximate surface area is 151 Å². The lowest BCUT2D eigenvalue weighted by molar-refractivity contribution is -0.133. The Hall–Kier alpha value is -2.71. The third-order valence-electron chi connectivity index (χ3n) is 3.96. The molecule has 0 aromatic heterocycles. The average molecular weight is 374 g/mol. The second-order valence-corrected chi connectivity index (χ2v) is 7.61. The molecular weight excluding hydrogens is 356 g/mol. The number of benzene rings is 2. The molecule has 1 amide bonds. The summed E-state index contributed by atoms with van der Waals surface area (Å²) in [5.41, 5.74) is 2.22. The quantitative estimate of drug-likeness (QED) is 0.591. The van der Waals surface area contributed by atoms with Gasteiger partial charge in [0.05, 0.1) is 11.3 Å². The van der Waals surface area contributed by atoms with Crippen LogP contribution in [-0.4, -0.2) is 26.8 Å². The Kier molecular flexibility index (Phi) is 5.06. The number of fused-ring (bicyclic) bond motifs is 1. The van der Waals surface area contributed by atoms with Gasteiger partial charge in [-0.1, -0.05) is 19.1 Å². The fourth-order valence-electron chi connectivity index (χ4n) is 2.61. The lowest BCUT2D eigenvalue weighted by atomic mass is 10.2. The van der Waals surface area contributed by atoms with Crippen molar-refractivity contribution in [2.45, 2.75) is 24.7 Å². The van der Waals surface area contributed by atoms with Crippen LogP contribution in [0.1, 0.15) is 18.1 Å². The van der Waals surface area contributed by atoms with Gasteiger partial charge in [-0.15, -0.1) is 0 Å². The van der Waals surface area contributed by atoms with Crippen LogP contribution in [0.2, 0.25) is 0 Å². The smallest absolute Gasteiger partial charge is 0.326 e. The molecule has 1 aliphatic heterocycles. The molecule has 2 aromatic carbocycles. The molecule has 0 bridgehead atoms. The summed E-state index contributed by atoms with van der Waals surface area (Å²) < 4.78 is 32.1. The minimum Gasteiger partial charge on any atom is -0.426 e. The zero-order chi connectivity index (χ0) is 18.7. The van der Waals surface area contributed by atoms with Crippen molar-refractivity contribution in [3.8, 4) is 5.75 Å². The van der Waals surface area contributed by atoms with Crippen LogP contribution in [0.25, 0.3) is 0 Å². The van der Waals surface area contributed by atoms with Crippen LogP contribution in [0.4, 0.5) is 5.69 Å². The highest BCUT2D eigenvalue weighted by Gasteiger charge is 2.22. The molecule has 1 aliphatic rings. The molecule has 2 N–H and O–H groups in total. The van der Waals surface area contributed by atoms with Gasteiger partial charge in [-0.25, -0.2) is 8.42 Å². The van der Waals surface area contributed by atoms with Crippen LogP contribution in [-0.2, 0) is 32.5 Å². The van der Waals surface area contributed by atoms with Crippen molar-refractivity contribution >= 4 is 27.6 Å². The van der Waals surface area contributed by atoms with Crippen LogP contribution < -0.4 is 14.8 Å². The van der Waals surface area contributed by atoms with E-state index in [0.717, 1.165) is 12.0 Å². The zero-order valence-corrected chi connectivity index (χ0v) is 14.9. The molecule has 0 spiro atoms. The number of nitrogens with one attached hydrogen (secondary N) is 2. The van der Waals surface area contributed by atoms with Crippen LogP contribution in [0.5, 0.6) is 5.75 Å². The molecule has 136 valence electrons. The van der Waals surface area contributed by atoms with Crippen molar-refractivity contribution in [1.29, 1.82) is 0 Å². The molecule has 3 rings (SSSR count). The Morgan fingerprint density at radius 1 is 1.23 bits per heavy atom. The average Bonchev–Trinajstić information content (AvgIpc) is 2.99. The minimum absolute atomic E-state index is 0.00599. The molecule has 0 atom stereocenters. The lowest BCUT2D eigenvalue weighted by Gasteiger charge is -2.09. The molecule has 26 heavy (non-hydrogen) atoms. The van der Waals surface area contributed by atoms with Gasteiger partial charge in [0.15, 0.2) is 0 Å². The molecule has 2 aromatic rings. The maximum absolute atomic E-state index is 12.3. The number of hydrogen-bond acceptors (Lipinski definition) is 5. The third-order valence-corrected chi connectivity index (χ3v) is 5.36. The normalized spacial score (nSPS) is 13.2. The number of ether oxygens (including phenoxy) is 1. The number of carbonyl (C=O) groups is 2. The highest BCUT2D eigenvalue weighted by Crippen LogP contribution is 2.25. The van der Waals surface area contributed by atoms with E-state index in [4.69, 9.17) is 4.74 Å². The summed E-state index contributed by atoms with van der Waals surface area (Å²) in [6.45, 7) is 1.49. The summed E-state index contributed by atoms with van der Waals surface area (Å²) >= 11 is 0. The van der Waals surface area contributed by atoms with E-state index in [2.05, 4.69) is 10.0 Å². The highest BCUT2D eigenvalue weighted by atomic mass is 32.2. The number of carbonyl (C=O) groups excluding carboxylic acids is 2. The van der Waals surface area contributed by atoms with Gasteiger partial charge >= 0.3 is 5.97 Å². The molecule has 0 radical (unpaired) electrons. The number of esters is 1. The Balaban J connectivity index is 1.64. The van der Waals surface area contributed by atoms with Gasteiger partial charge in [0.25, 0.3) is 0 Å². The van der Waals surface area contributed by atoms with Gasteiger partial charge in [-0.3, -0.25) is 9.59 Å². The Morgan fingerprint density at radius 2 is 2.04 bits per heavy atom. The Bertz CT molecular complexity index is 969. The predicted molar refractivity (Wildman–Crippen MR) is 95.4 cm³/mol. The molecule has 0 fully saturated rings. The number of sulfonamides is 1. The standard InChI is InChI=1S/C18H18N2O5S/c1-2-12-4-3-5-14(8-12)25-18(22)11-19-26(23,24)15-6-7-16-13(9-15)10-17(21)20-16/h3-9,19H,2,10-11H2,1H3,(H,20,21). The first-order chi connectivity index (χ1) is 12.4. The van der Waals surface area contributed by atoms with Crippen molar-refractivity contribution in [2.24, 2.45) is 0 Å². The van der Waals surface area contributed by atoms with E-state index in [0.29, 0.717) is 17.0 Å². The Morgan fingerprint density at radius 3 is 2.81 bits per heavy atom. The van der Waals surface area contributed by atoms with E-state index in [9.17, 15) is 18.0 Å². The molecular formula is C18H18N2O5S. The first kappa shape index (κ1) is 18.1. The van der Waals surface area contributed by atoms with Crippen LogP contribution in [0.3, 0.4) is 0 Å². The van der Waals surface area contributed by atoms with Crippen molar-refractivity contribution in [3.05, 3.63) is 53.6 Å². The summed E-state index contributed by atoms with van der Waals surface area (Å²) in [6.07, 6.45) is 0.933. The van der Waals surface area contributed by atoms with Crippen LogP contribution in [0.15, 0.2) is 47.4 Å². The summed E-state index contributed by atoms with van der Waals surface area (Å²) in [5, 5.41) is 2.63. The van der Waals surface area contributed by atoms with Crippen molar-refractivity contribution in [3.63, 3.8) is 0 Å². The first-order valence-electron chi connectivity index (χ1n) is 8.09. The van der Waals surface area contributed by atoms with Gasteiger partial charge in [0, 0.05) is 5.69 Å². The van der Waals surface area contributed by atoms with Gasteiger partial charge in [-0.05, 0) is 47.9 Å². The zero-order valence-electron chi connectivity index (χ0n) is 14.1. The van der Waals surface area contributed by atoms with E-state index < -0.39 is 22.5 Å². The molecule has 0 saturated carbocycles. The van der Waals surface area contributed by atoms with Gasteiger partial charge in [0.1, 0.15) is 12.3 Å². The summed E-state index contributed by atoms with van der Waals surface area (Å²) in [6, 6.07) is 11.4. The number of amides is 1. The SMILES string of the molecule is CCc1cccc(OC(=O)CNS(=O)(=O)c2ccc3c(c2)CC(=O)N3)c1. The van der Waals surface area contributed by atoms with Gasteiger partial charge in [-0.2, -0.15) is 4.72 Å². The fraction of sp³-hybridized carbons (Fsp3) is 0.222. The molecule has 8 heteroatoms. The second-order valence-electron chi connectivity index (χ2n) is 5.84. The van der Waals surface area contributed by atoms with Crippen LogP contribution in [0, 0.1) is 0 Å². The fourth-order valence-corrected chi connectivity index (χ4v) is 3.63. The van der Waals surface area contributed by atoms with Crippen molar-refractivity contribution in [2.75, 3.05) is 11.9 Å². The van der Waals surface area contributed by atoms with Crippen LogP contribution >= 0.6 is 0 Å². The van der Waals surface area contributed by atoms with E-state index >= 15 is 0 Å². The van der Waals surface area contributed by atoms with E-state index in [1.165, 1.54) is 18.2 Å². The number of anilines is 1. The molecule has 0 aliphatic carbocycles. The first-order valence-corrected chi connectivity index (χ1v) is 9.58. The maximum atomic E-state index is 12.3. The summed E-state index contributed by atoms with van der Waals surface area (Å²) in [7, 11) is -3.89. The summed E-state index contributed by atoms with van der Waals surface area (Å²) in [4.78, 5) is 23.3. The lowest BCUT2D eigenvalue weighted by Crippen LogP contribution is -2.32. The molecule has 0 unspecified atom stereocenters. The third kappa shape index (κ3) is 4.09. The largest absolute Gasteiger partial charge is 0.426 e. The predicted octanol–water partition coefficient (Wildman–Crippen LogP) is 1.63. The molecule has 1 heterocycles. The van der Waals surface area contributed by atoms with E-state index in [1.54, 1.807) is 18.2 Å². The molecule has 7 nitrogen and oxygen atoms in total.